The number of rotatable bonds is 0. The van der Waals surface area contributed by atoms with Crippen molar-refractivity contribution >= 4 is 0 Å². The molecule has 54 valence electrons. The van der Waals surface area contributed by atoms with E-state index in [1.54, 1.807) is 0 Å². The lowest BCUT2D eigenvalue weighted by Crippen LogP contribution is -2.13. The van der Waals surface area contributed by atoms with E-state index in [1.807, 2.05) is 0 Å². The Bertz CT molecular complexity index is 178. The summed E-state index contributed by atoms with van der Waals surface area (Å²) in [4.78, 5) is 0. The Kier molecular flexibility index (Phi) is 1.23. The molecule has 1 heteroatoms. The molecule has 4 unspecified atom stereocenters. The molecule has 0 aromatic carbocycles. The van der Waals surface area contributed by atoms with Crippen LogP contribution in [0.3, 0.4) is 0 Å². The highest BCUT2D eigenvalue weighted by Crippen LogP contribution is 2.51. The van der Waals surface area contributed by atoms with E-state index < -0.39 is 0 Å². The van der Waals surface area contributed by atoms with Crippen LogP contribution in [0.25, 0.3) is 0 Å². The van der Waals surface area contributed by atoms with Crippen LogP contribution in [0, 0.1) is 35.0 Å². The van der Waals surface area contributed by atoms with Crippen LogP contribution in [-0.2, 0) is 0 Å². The molecule has 0 spiro atoms. The number of nitrogens with zero attached hydrogens (tertiary/aromatic N) is 1. The zero-order valence-electron chi connectivity index (χ0n) is 6.38. The Morgan fingerprint density at radius 1 is 1.20 bits per heavy atom. The van der Waals surface area contributed by atoms with E-state index in [2.05, 4.69) is 13.0 Å². The second-order valence-corrected chi connectivity index (χ2v) is 3.94. The van der Waals surface area contributed by atoms with Gasteiger partial charge < -0.3 is 0 Å². The van der Waals surface area contributed by atoms with Crippen LogP contribution in [0.15, 0.2) is 0 Å². The molecular formula is C9H13N. The first kappa shape index (κ1) is 6.22. The van der Waals surface area contributed by atoms with E-state index in [9.17, 15) is 0 Å². The van der Waals surface area contributed by atoms with Gasteiger partial charge in [0.05, 0.1) is 6.07 Å². The molecule has 0 saturated heterocycles. The van der Waals surface area contributed by atoms with Crippen LogP contribution in [-0.4, -0.2) is 0 Å². The Balaban J connectivity index is 2.11. The highest BCUT2D eigenvalue weighted by molar-refractivity contribution is 5.01. The number of fused-ring (bicyclic) bond motifs is 2. The van der Waals surface area contributed by atoms with E-state index in [0.717, 1.165) is 17.8 Å². The monoisotopic (exact) mass is 135 g/mol. The minimum absolute atomic E-state index is 0.418. The maximum Gasteiger partial charge on any atom is 0.0658 e. The zero-order chi connectivity index (χ0) is 7.14. The molecule has 0 amide bonds. The smallest absolute Gasteiger partial charge is 0.0658 e. The minimum Gasteiger partial charge on any atom is -0.198 e. The highest BCUT2D eigenvalue weighted by Gasteiger charge is 2.43. The van der Waals surface area contributed by atoms with Crippen molar-refractivity contribution < 1.29 is 0 Å². The molecule has 2 aliphatic rings. The molecule has 2 fully saturated rings. The quantitative estimate of drug-likeness (QED) is 0.499. The fraction of sp³-hybridized carbons (Fsp3) is 0.889. The Morgan fingerprint density at radius 2 is 2.00 bits per heavy atom. The Morgan fingerprint density at radius 3 is 2.40 bits per heavy atom. The third-order valence-electron chi connectivity index (χ3n) is 3.38. The van der Waals surface area contributed by atoms with E-state index in [0.29, 0.717) is 5.92 Å². The van der Waals surface area contributed by atoms with Crippen molar-refractivity contribution in [1.29, 1.82) is 5.26 Å². The third kappa shape index (κ3) is 0.683. The molecule has 10 heavy (non-hydrogen) atoms. The van der Waals surface area contributed by atoms with Gasteiger partial charge >= 0.3 is 0 Å². The summed E-state index contributed by atoms with van der Waals surface area (Å²) in [5, 5.41) is 8.72. The van der Waals surface area contributed by atoms with Crippen molar-refractivity contribution in [1.82, 2.24) is 0 Å². The summed E-state index contributed by atoms with van der Waals surface area (Å²) < 4.78 is 0. The van der Waals surface area contributed by atoms with Crippen LogP contribution in [0.1, 0.15) is 26.2 Å². The molecule has 1 nitrogen and oxygen atoms in total. The van der Waals surface area contributed by atoms with Crippen LogP contribution in [0.2, 0.25) is 0 Å². The molecule has 2 rings (SSSR count). The first-order valence-electron chi connectivity index (χ1n) is 4.21. The molecular weight excluding hydrogens is 122 g/mol. The van der Waals surface area contributed by atoms with Crippen molar-refractivity contribution in [3.63, 3.8) is 0 Å². The normalized spacial score (nSPS) is 51.2. The molecule has 0 aromatic rings. The van der Waals surface area contributed by atoms with Gasteiger partial charge in [0.2, 0.25) is 0 Å². The fourth-order valence-electron chi connectivity index (χ4n) is 2.72. The average Bonchev–Trinajstić information content (AvgIpc) is 2.44. The minimum atomic E-state index is 0.418. The maximum atomic E-state index is 8.72. The number of nitriles is 1. The van der Waals surface area contributed by atoms with Crippen LogP contribution >= 0.6 is 0 Å². The van der Waals surface area contributed by atoms with Crippen LogP contribution < -0.4 is 0 Å². The third-order valence-corrected chi connectivity index (χ3v) is 3.38. The standard InChI is InChI=1S/C9H13N/c1-6-2-8-3-7(6)4-9(8)5-10/h6-9H,2-4H2,1H3. The van der Waals surface area contributed by atoms with Gasteiger partial charge in [0.15, 0.2) is 0 Å². The largest absolute Gasteiger partial charge is 0.198 e. The SMILES string of the molecule is CC1CC2CC1CC2C#N. The molecule has 2 saturated carbocycles. The topological polar surface area (TPSA) is 23.8 Å². The summed E-state index contributed by atoms with van der Waals surface area (Å²) in [6, 6.07) is 2.42. The summed E-state index contributed by atoms with van der Waals surface area (Å²) in [5.41, 5.74) is 0. The number of hydrogen-bond donors (Lipinski definition) is 0. The number of hydrogen-bond acceptors (Lipinski definition) is 1. The lowest BCUT2D eigenvalue weighted by Gasteiger charge is -2.19. The second kappa shape index (κ2) is 1.99. The zero-order valence-corrected chi connectivity index (χ0v) is 6.38. The first-order chi connectivity index (χ1) is 4.81. The van der Waals surface area contributed by atoms with Gasteiger partial charge in [-0.05, 0) is 37.0 Å². The summed E-state index contributed by atoms with van der Waals surface area (Å²) in [6.45, 7) is 2.33. The van der Waals surface area contributed by atoms with Gasteiger partial charge in [-0.25, -0.2) is 0 Å². The predicted molar refractivity (Wildman–Crippen MR) is 39.1 cm³/mol. The molecule has 2 bridgehead atoms. The highest BCUT2D eigenvalue weighted by atomic mass is 14.5. The van der Waals surface area contributed by atoms with Gasteiger partial charge in [-0.2, -0.15) is 5.26 Å². The summed E-state index contributed by atoms with van der Waals surface area (Å²) in [5.74, 6) is 3.00. The Hall–Kier alpha value is -0.510. The summed E-state index contributed by atoms with van der Waals surface area (Å²) in [7, 11) is 0. The van der Waals surface area contributed by atoms with Gasteiger partial charge in [0.1, 0.15) is 0 Å². The molecule has 0 heterocycles. The van der Waals surface area contributed by atoms with Gasteiger partial charge in [-0.15, -0.1) is 0 Å². The summed E-state index contributed by atoms with van der Waals surface area (Å²) in [6.07, 6.45) is 3.87. The van der Waals surface area contributed by atoms with E-state index >= 15 is 0 Å². The summed E-state index contributed by atoms with van der Waals surface area (Å²) >= 11 is 0. The van der Waals surface area contributed by atoms with Gasteiger partial charge in [-0.1, -0.05) is 6.92 Å². The molecule has 0 aliphatic heterocycles. The Labute approximate surface area is 62.0 Å². The fourth-order valence-corrected chi connectivity index (χ4v) is 2.72. The van der Waals surface area contributed by atoms with Crippen molar-refractivity contribution in [3.05, 3.63) is 0 Å². The van der Waals surface area contributed by atoms with Crippen molar-refractivity contribution in [2.75, 3.05) is 0 Å². The molecule has 4 atom stereocenters. The molecule has 0 N–H and O–H groups in total. The van der Waals surface area contributed by atoms with E-state index in [-0.39, 0.29) is 0 Å². The van der Waals surface area contributed by atoms with Crippen molar-refractivity contribution in [2.45, 2.75) is 26.2 Å². The van der Waals surface area contributed by atoms with Gasteiger partial charge in [-0.3, -0.25) is 0 Å². The maximum absolute atomic E-state index is 8.72. The van der Waals surface area contributed by atoms with Gasteiger partial charge in [0, 0.05) is 5.92 Å². The molecule has 2 aliphatic carbocycles. The average molecular weight is 135 g/mol. The van der Waals surface area contributed by atoms with E-state index in [4.69, 9.17) is 5.26 Å². The van der Waals surface area contributed by atoms with Crippen LogP contribution in [0.4, 0.5) is 0 Å². The van der Waals surface area contributed by atoms with E-state index in [1.165, 1.54) is 19.3 Å². The van der Waals surface area contributed by atoms with Gasteiger partial charge in [0.25, 0.3) is 0 Å². The second-order valence-electron chi connectivity index (χ2n) is 3.94. The van der Waals surface area contributed by atoms with Crippen LogP contribution in [0.5, 0.6) is 0 Å². The van der Waals surface area contributed by atoms with Crippen molar-refractivity contribution in [3.8, 4) is 6.07 Å². The lowest BCUT2D eigenvalue weighted by atomic mass is 9.84. The molecule has 0 radical (unpaired) electrons. The predicted octanol–water partition coefficient (Wildman–Crippen LogP) is 2.19. The van der Waals surface area contributed by atoms with Crippen molar-refractivity contribution in [2.24, 2.45) is 23.7 Å². The molecule has 0 aromatic heterocycles. The lowest BCUT2D eigenvalue weighted by molar-refractivity contribution is 0.315. The first-order valence-corrected chi connectivity index (χ1v) is 4.21.